The second-order valence-electron chi connectivity index (χ2n) is 14.9. The highest BCUT2D eigenvalue weighted by Gasteiger charge is 2.47. The first-order valence-electron chi connectivity index (χ1n) is 16.1. The average molecular weight is 515 g/mol. The van der Waals surface area contributed by atoms with Crippen molar-refractivity contribution in [3.8, 4) is 0 Å². The van der Waals surface area contributed by atoms with E-state index in [0.29, 0.717) is 23.5 Å². The molecule has 4 aliphatic rings. The van der Waals surface area contributed by atoms with Crippen LogP contribution in [0.15, 0.2) is 0 Å². The highest BCUT2D eigenvalue weighted by molar-refractivity contribution is 5.78. The number of methoxy groups -OCH3 is 1. The van der Waals surface area contributed by atoms with E-state index in [0.717, 1.165) is 84.9 Å². The summed E-state index contributed by atoms with van der Waals surface area (Å²) in [4.78, 5) is 24.1. The molecule has 3 nitrogen and oxygen atoms in total. The number of rotatable bonds is 5. The Bertz CT molecular complexity index is 790. The van der Waals surface area contributed by atoms with E-state index in [1.807, 2.05) is 0 Å². The van der Waals surface area contributed by atoms with E-state index in [-0.39, 0.29) is 11.9 Å². The van der Waals surface area contributed by atoms with Crippen LogP contribution in [-0.2, 0) is 14.3 Å². The van der Waals surface area contributed by atoms with Crippen molar-refractivity contribution in [3.05, 3.63) is 0 Å². The normalized spacial score (nSPS) is 49.3. The summed E-state index contributed by atoms with van der Waals surface area (Å²) in [5, 5.41) is 0. The second-order valence-corrected chi connectivity index (χ2v) is 14.9. The van der Waals surface area contributed by atoms with Gasteiger partial charge in [-0.2, -0.15) is 0 Å². The Morgan fingerprint density at radius 3 is 1.16 bits per heavy atom. The van der Waals surface area contributed by atoms with Crippen LogP contribution in [0.3, 0.4) is 0 Å². The highest BCUT2D eigenvalue weighted by atomic mass is 16.5. The quantitative estimate of drug-likeness (QED) is 0.346. The molecule has 0 aliphatic heterocycles. The Morgan fingerprint density at radius 2 is 0.811 bits per heavy atom. The Labute approximate surface area is 228 Å². The third kappa shape index (κ3) is 6.16. The molecular formula is C34H58O3. The van der Waals surface area contributed by atoms with Crippen LogP contribution >= 0.6 is 0 Å². The average Bonchev–Trinajstić information content (AvgIpc) is 2.86. The predicted molar refractivity (Wildman–Crippen MR) is 152 cm³/mol. The highest BCUT2D eigenvalue weighted by Crippen LogP contribution is 2.55. The summed E-state index contributed by atoms with van der Waals surface area (Å²) in [6.45, 7) is 16.9. The molecule has 37 heavy (non-hydrogen) atoms. The molecule has 0 bridgehead atoms. The monoisotopic (exact) mass is 514 g/mol. The molecule has 0 aromatic heterocycles. The molecule has 0 heterocycles. The summed E-state index contributed by atoms with van der Waals surface area (Å²) < 4.78 is 5.07. The second kappa shape index (κ2) is 12.1. The van der Waals surface area contributed by atoms with Gasteiger partial charge in [-0.1, -0.05) is 41.5 Å². The largest absolute Gasteiger partial charge is 0.469 e. The summed E-state index contributed by atoms with van der Waals surface area (Å²) in [6.07, 6.45) is 12.4. The van der Waals surface area contributed by atoms with E-state index >= 15 is 0 Å². The first-order chi connectivity index (χ1) is 17.5. The zero-order valence-corrected chi connectivity index (χ0v) is 25.4. The third-order valence-corrected chi connectivity index (χ3v) is 12.7. The van der Waals surface area contributed by atoms with E-state index in [4.69, 9.17) is 4.74 Å². The van der Waals surface area contributed by atoms with Crippen LogP contribution in [0.5, 0.6) is 0 Å². The molecule has 0 saturated heterocycles. The lowest BCUT2D eigenvalue weighted by Crippen LogP contribution is -2.45. The van der Waals surface area contributed by atoms with Gasteiger partial charge in [-0.15, -0.1) is 0 Å². The van der Waals surface area contributed by atoms with Crippen molar-refractivity contribution in [2.75, 3.05) is 7.11 Å². The first kappa shape index (κ1) is 29.1. The van der Waals surface area contributed by atoms with Gasteiger partial charge in [-0.05, 0) is 142 Å². The van der Waals surface area contributed by atoms with Gasteiger partial charge >= 0.3 is 5.97 Å². The number of ketones is 1. The number of carbonyl (C=O) groups is 2. The van der Waals surface area contributed by atoms with Crippen molar-refractivity contribution in [3.63, 3.8) is 0 Å². The van der Waals surface area contributed by atoms with Crippen LogP contribution in [0, 0.1) is 82.9 Å². The minimum atomic E-state index is 0.00965. The maximum Gasteiger partial charge on any atom is 0.308 e. The van der Waals surface area contributed by atoms with E-state index in [2.05, 4.69) is 41.5 Å². The van der Waals surface area contributed by atoms with E-state index < -0.39 is 0 Å². The van der Waals surface area contributed by atoms with Gasteiger partial charge in [0, 0.05) is 5.92 Å². The van der Waals surface area contributed by atoms with Crippen LogP contribution < -0.4 is 0 Å². The Kier molecular flexibility index (Phi) is 9.54. The van der Waals surface area contributed by atoms with Crippen LogP contribution in [0.4, 0.5) is 0 Å². The molecule has 0 spiro atoms. The van der Waals surface area contributed by atoms with Crippen LogP contribution in [0.1, 0.15) is 113 Å². The molecule has 0 amide bonds. The smallest absolute Gasteiger partial charge is 0.308 e. The van der Waals surface area contributed by atoms with E-state index in [1.165, 1.54) is 38.5 Å². The van der Waals surface area contributed by atoms with Gasteiger partial charge in [-0.25, -0.2) is 0 Å². The number of hydrogen-bond acceptors (Lipinski definition) is 3. The van der Waals surface area contributed by atoms with Crippen LogP contribution in [0.25, 0.3) is 0 Å². The molecule has 4 rings (SSSR count). The number of Topliss-reactive ketones (excluding diaryl/α,β-unsaturated/α-hetero) is 1. The Balaban J connectivity index is 1.35. The third-order valence-electron chi connectivity index (χ3n) is 12.7. The summed E-state index contributed by atoms with van der Waals surface area (Å²) in [7, 11) is 1.54. The Hall–Kier alpha value is -0.860. The zero-order valence-electron chi connectivity index (χ0n) is 25.4. The van der Waals surface area contributed by atoms with Crippen molar-refractivity contribution >= 4 is 11.8 Å². The maximum absolute atomic E-state index is 12.1. The predicted octanol–water partition coefficient (Wildman–Crippen LogP) is 8.45. The van der Waals surface area contributed by atoms with Gasteiger partial charge in [0.05, 0.1) is 13.0 Å². The molecule has 4 saturated carbocycles. The summed E-state index contributed by atoms with van der Waals surface area (Å²) in [6, 6.07) is 0. The van der Waals surface area contributed by atoms with Crippen LogP contribution in [-0.4, -0.2) is 18.9 Å². The molecule has 0 N–H and O–H groups in total. The lowest BCUT2D eigenvalue weighted by Gasteiger charge is -2.52. The topological polar surface area (TPSA) is 43.4 Å². The molecule has 212 valence electrons. The first-order valence-corrected chi connectivity index (χ1v) is 16.1. The van der Waals surface area contributed by atoms with E-state index in [9.17, 15) is 9.59 Å². The summed E-state index contributed by atoms with van der Waals surface area (Å²) in [5.41, 5.74) is 0. The molecule has 14 unspecified atom stereocenters. The molecular weight excluding hydrogens is 456 g/mol. The van der Waals surface area contributed by atoms with Crippen molar-refractivity contribution in [1.29, 1.82) is 0 Å². The van der Waals surface area contributed by atoms with Gasteiger partial charge in [-0.3, -0.25) is 9.59 Å². The Morgan fingerprint density at radius 1 is 0.486 bits per heavy atom. The van der Waals surface area contributed by atoms with Gasteiger partial charge in [0.15, 0.2) is 0 Å². The van der Waals surface area contributed by atoms with Crippen molar-refractivity contribution < 1.29 is 14.3 Å². The van der Waals surface area contributed by atoms with Crippen molar-refractivity contribution in [2.45, 2.75) is 113 Å². The molecule has 0 aromatic carbocycles. The van der Waals surface area contributed by atoms with Crippen LogP contribution in [0.2, 0.25) is 0 Å². The lowest BCUT2D eigenvalue weighted by atomic mass is 9.53. The molecule has 3 heteroatoms. The SMILES string of the molecule is COC(=O)C1CCC(C2CC(C)C(C3CC(C)C(C4CCC(C(C)=O)CC4C)CC3C)CC2C)C(C)C1. The van der Waals surface area contributed by atoms with Crippen molar-refractivity contribution in [1.82, 2.24) is 0 Å². The summed E-state index contributed by atoms with van der Waals surface area (Å²) in [5.74, 6) is 10.5. The van der Waals surface area contributed by atoms with Gasteiger partial charge in [0.1, 0.15) is 5.78 Å². The molecule has 0 aromatic rings. The lowest BCUT2D eigenvalue weighted by molar-refractivity contribution is -0.148. The number of carbonyl (C=O) groups excluding carboxylic acids is 2. The molecule has 4 fully saturated rings. The van der Waals surface area contributed by atoms with Gasteiger partial charge < -0.3 is 4.74 Å². The van der Waals surface area contributed by atoms with Gasteiger partial charge in [0.25, 0.3) is 0 Å². The fraction of sp³-hybridized carbons (Fsp3) is 0.941. The molecule has 4 aliphatic carbocycles. The molecule has 14 atom stereocenters. The fourth-order valence-corrected chi connectivity index (χ4v) is 10.6. The zero-order chi connectivity index (χ0) is 27.0. The maximum atomic E-state index is 12.1. The number of hydrogen-bond donors (Lipinski definition) is 0. The number of esters is 1. The summed E-state index contributed by atoms with van der Waals surface area (Å²) >= 11 is 0. The van der Waals surface area contributed by atoms with Gasteiger partial charge in [0.2, 0.25) is 0 Å². The molecule has 0 radical (unpaired) electrons. The number of ether oxygens (including phenoxy) is 1. The van der Waals surface area contributed by atoms with E-state index in [1.54, 1.807) is 14.0 Å². The minimum Gasteiger partial charge on any atom is -0.469 e. The van der Waals surface area contributed by atoms with Crippen molar-refractivity contribution in [2.24, 2.45) is 82.9 Å². The fourth-order valence-electron chi connectivity index (χ4n) is 10.6. The standard InChI is InChI=1S/C34H58O3/c1-19-13-26(25(7)35)9-11-28(19)30-15-23(5)32(17-21(30)3)33-18-22(4)31(16-24(33)6)29-12-10-27(14-20(29)2)34(36)37-8/h19-24,26-33H,9-18H2,1-8H3. The minimum absolute atomic E-state index is 0.00965.